The molecule has 1 aliphatic carbocycles. The van der Waals surface area contributed by atoms with Crippen LogP contribution in [-0.4, -0.2) is 17.3 Å². The number of phenolic OH excluding ortho intramolecular Hbond substituents is 2. The third kappa shape index (κ3) is 2.51. The molecule has 4 heteroatoms. The van der Waals surface area contributed by atoms with Crippen molar-refractivity contribution in [1.82, 2.24) is 0 Å². The van der Waals surface area contributed by atoms with Crippen LogP contribution in [0.3, 0.4) is 0 Å². The van der Waals surface area contributed by atoms with E-state index in [9.17, 15) is 10.2 Å². The second-order valence-electron chi connectivity index (χ2n) is 6.79. The maximum Gasteiger partial charge on any atom is 0.129 e. The number of ether oxygens (including phenoxy) is 2. The van der Waals surface area contributed by atoms with Crippen LogP contribution in [0.2, 0.25) is 0 Å². The molecule has 0 bridgehead atoms. The minimum Gasteiger partial charge on any atom is -0.508 e. The highest BCUT2D eigenvalue weighted by atomic mass is 16.5. The first kappa shape index (κ1) is 15.3. The van der Waals surface area contributed by atoms with Crippen molar-refractivity contribution in [2.75, 3.05) is 7.11 Å². The lowest BCUT2D eigenvalue weighted by Gasteiger charge is -2.37. The topological polar surface area (TPSA) is 58.9 Å². The Labute approximate surface area is 141 Å². The molecule has 3 unspecified atom stereocenters. The smallest absolute Gasteiger partial charge is 0.129 e. The van der Waals surface area contributed by atoms with E-state index in [-0.39, 0.29) is 17.6 Å². The highest BCUT2D eigenvalue weighted by Gasteiger charge is 2.42. The molecule has 1 fully saturated rings. The SMILES string of the molecule is COCc1cc(O)cc2c1OC(c1ccc(O)cc1)C1CCCC21. The molecule has 3 atom stereocenters. The molecule has 1 heterocycles. The van der Waals surface area contributed by atoms with Gasteiger partial charge in [0.2, 0.25) is 0 Å². The molecule has 0 aromatic heterocycles. The van der Waals surface area contributed by atoms with Gasteiger partial charge in [-0.25, -0.2) is 0 Å². The second kappa shape index (κ2) is 6.02. The van der Waals surface area contributed by atoms with Crippen molar-refractivity contribution in [3.63, 3.8) is 0 Å². The number of aromatic hydroxyl groups is 2. The number of methoxy groups -OCH3 is 1. The van der Waals surface area contributed by atoms with Crippen LogP contribution >= 0.6 is 0 Å². The Morgan fingerprint density at radius 2 is 1.88 bits per heavy atom. The van der Waals surface area contributed by atoms with E-state index in [1.165, 1.54) is 6.42 Å². The third-order valence-electron chi connectivity index (χ3n) is 5.30. The molecule has 126 valence electrons. The minimum atomic E-state index is -0.0225. The number of hydrogen-bond donors (Lipinski definition) is 2. The molecule has 0 radical (unpaired) electrons. The molecule has 24 heavy (non-hydrogen) atoms. The molecule has 0 saturated heterocycles. The van der Waals surface area contributed by atoms with E-state index in [1.54, 1.807) is 25.3 Å². The van der Waals surface area contributed by atoms with E-state index in [0.29, 0.717) is 18.4 Å². The van der Waals surface area contributed by atoms with Crippen molar-refractivity contribution >= 4 is 0 Å². The van der Waals surface area contributed by atoms with Gasteiger partial charge in [-0.3, -0.25) is 0 Å². The van der Waals surface area contributed by atoms with E-state index in [2.05, 4.69) is 0 Å². The summed E-state index contributed by atoms with van der Waals surface area (Å²) in [6, 6.07) is 10.9. The molecule has 4 nitrogen and oxygen atoms in total. The minimum absolute atomic E-state index is 0.0225. The zero-order valence-corrected chi connectivity index (χ0v) is 13.7. The molecule has 2 N–H and O–H groups in total. The number of benzene rings is 2. The summed E-state index contributed by atoms with van der Waals surface area (Å²) in [5.41, 5.74) is 3.09. The van der Waals surface area contributed by atoms with E-state index in [4.69, 9.17) is 9.47 Å². The van der Waals surface area contributed by atoms with Crippen molar-refractivity contribution in [1.29, 1.82) is 0 Å². The zero-order valence-electron chi connectivity index (χ0n) is 13.7. The molecule has 4 rings (SSSR count). The molecule has 2 aromatic rings. The van der Waals surface area contributed by atoms with Crippen molar-refractivity contribution in [2.45, 2.75) is 37.9 Å². The van der Waals surface area contributed by atoms with Crippen molar-refractivity contribution in [2.24, 2.45) is 5.92 Å². The predicted molar refractivity (Wildman–Crippen MR) is 90.4 cm³/mol. The van der Waals surface area contributed by atoms with Gasteiger partial charge in [-0.05, 0) is 48.6 Å². The lowest BCUT2D eigenvalue weighted by Crippen LogP contribution is -2.27. The van der Waals surface area contributed by atoms with Gasteiger partial charge in [-0.15, -0.1) is 0 Å². The van der Waals surface area contributed by atoms with Crippen LogP contribution in [0.4, 0.5) is 0 Å². The van der Waals surface area contributed by atoms with Crippen LogP contribution in [0.25, 0.3) is 0 Å². The van der Waals surface area contributed by atoms with Crippen molar-refractivity contribution in [3.8, 4) is 17.2 Å². The lowest BCUT2D eigenvalue weighted by molar-refractivity contribution is 0.0972. The number of rotatable bonds is 3. The summed E-state index contributed by atoms with van der Waals surface area (Å²) in [4.78, 5) is 0. The highest BCUT2D eigenvalue weighted by molar-refractivity contribution is 5.51. The molecule has 1 aliphatic heterocycles. The Morgan fingerprint density at radius 3 is 2.62 bits per heavy atom. The zero-order chi connectivity index (χ0) is 16.7. The summed E-state index contributed by atoms with van der Waals surface area (Å²) in [6.07, 6.45) is 3.38. The molecule has 0 spiro atoms. The Balaban J connectivity index is 1.80. The molecule has 1 saturated carbocycles. The quantitative estimate of drug-likeness (QED) is 0.885. The van der Waals surface area contributed by atoms with E-state index >= 15 is 0 Å². The third-order valence-corrected chi connectivity index (χ3v) is 5.30. The number of fused-ring (bicyclic) bond motifs is 3. The second-order valence-corrected chi connectivity index (χ2v) is 6.79. The fraction of sp³-hybridized carbons (Fsp3) is 0.400. The average molecular weight is 326 g/mol. The Hall–Kier alpha value is -2.20. The van der Waals surface area contributed by atoms with Gasteiger partial charge in [-0.1, -0.05) is 18.6 Å². The summed E-state index contributed by atoms with van der Waals surface area (Å²) in [6.45, 7) is 0.413. The van der Waals surface area contributed by atoms with Gasteiger partial charge >= 0.3 is 0 Å². The average Bonchev–Trinajstić information content (AvgIpc) is 3.05. The van der Waals surface area contributed by atoms with Crippen LogP contribution in [-0.2, 0) is 11.3 Å². The summed E-state index contributed by atoms with van der Waals surface area (Å²) >= 11 is 0. The fourth-order valence-corrected chi connectivity index (χ4v) is 4.31. The first-order valence-electron chi connectivity index (χ1n) is 8.47. The summed E-state index contributed by atoms with van der Waals surface area (Å²) in [5, 5.41) is 19.6. The maximum atomic E-state index is 10.1. The van der Waals surface area contributed by atoms with Gasteiger partial charge < -0.3 is 19.7 Å². The molecular weight excluding hydrogens is 304 g/mol. The van der Waals surface area contributed by atoms with Crippen LogP contribution in [0, 0.1) is 5.92 Å². The van der Waals surface area contributed by atoms with Gasteiger partial charge in [0, 0.05) is 24.2 Å². The standard InChI is InChI=1S/C20H22O4/c1-23-11-13-9-15(22)10-18-16-3-2-4-17(16)19(24-20(13)18)12-5-7-14(21)8-6-12/h5-10,16-17,19,21-22H,2-4,11H2,1H3. The highest BCUT2D eigenvalue weighted by Crippen LogP contribution is 2.55. The monoisotopic (exact) mass is 326 g/mol. The van der Waals surface area contributed by atoms with E-state index < -0.39 is 0 Å². The lowest BCUT2D eigenvalue weighted by atomic mass is 9.79. The Bertz CT molecular complexity index is 738. The Kier molecular flexibility index (Phi) is 3.85. The van der Waals surface area contributed by atoms with Gasteiger partial charge in [0.15, 0.2) is 0 Å². The largest absolute Gasteiger partial charge is 0.508 e. The normalized spacial score (nSPS) is 25.0. The molecule has 0 amide bonds. The first-order valence-corrected chi connectivity index (χ1v) is 8.47. The summed E-state index contributed by atoms with van der Waals surface area (Å²) in [7, 11) is 1.65. The predicted octanol–water partition coefficient (Wildman–Crippen LogP) is 4.26. The molecule has 2 aromatic carbocycles. The summed E-state index contributed by atoms with van der Waals surface area (Å²) < 4.78 is 11.7. The van der Waals surface area contributed by atoms with Gasteiger partial charge in [0.05, 0.1) is 6.61 Å². The number of hydrogen-bond acceptors (Lipinski definition) is 4. The van der Waals surface area contributed by atoms with Crippen LogP contribution in [0.5, 0.6) is 17.2 Å². The molecular formula is C20H22O4. The maximum absolute atomic E-state index is 10.1. The molecule has 2 aliphatic rings. The fourth-order valence-electron chi connectivity index (χ4n) is 4.31. The van der Waals surface area contributed by atoms with Crippen LogP contribution in [0.1, 0.15) is 48.0 Å². The number of phenols is 2. The van der Waals surface area contributed by atoms with Gasteiger partial charge in [0.25, 0.3) is 0 Å². The van der Waals surface area contributed by atoms with Gasteiger partial charge in [0.1, 0.15) is 23.4 Å². The van der Waals surface area contributed by atoms with Crippen molar-refractivity contribution in [3.05, 3.63) is 53.1 Å². The van der Waals surface area contributed by atoms with Crippen molar-refractivity contribution < 1.29 is 19.7 Å². The van der Waals surface area contributed by atoms with Gasteiger partial charge in [-0.2, -0.15) is 0 Å². The summed E-state index contributed by atoms with van der Waals surface area (Å²) in [5.74, 6) is 2.20. The van der Waals surface area contributed by atoms with E-state index in [1.807, 2.05) is 18.2 Å². The first-order chi connectivity index (χ1) is 11.7. The van der Waals surface area contributed by atoms with Crippen LogP contribution < -0.4 is 4.74 Å². The van der Waals surface area contributed by atoms with Crippen LogP contribution in [0.15, 0.2) is 36.4 Å². The Morgan fingerprint density at radius 1 is 1.08 bits per heavy atom. The van der Waals surface area contributed by atoms with E-state index in [0.717, 1.165) is 35.3 Å².